The van der Waals surface area contributed by atoms with Gasteiger partial charge in [0.15, 0.2) is 5.84 Å². The van der Waals surface area contributed by atoms with Crippen LogP contribution in [0.25, 0.3) is 0 Å². The Kier molecular flexibility index (Phi) is 5.10. The summed E-state index contributed by atoms with van der Waals surface area (Å²) in [6.45, 7) is 0. The van der Waals surface area contributed by atoms with E-state index in [1.807, 2.05) is 0 Å². The van der Waals surface area contributed by atoms with E-state index >= 15 is 0 Å². The topological polar surface area (TPSA) is 87.7 Å². The largest absolute Gasteiger partial charge is 0.409 e. The number of halogens is 3. The highest BCUT2D eigenvalue weighted by Crippen LogP contribution is 2.32. The number of benzene rings is 1. The van der Waals surface area contributed by atoms with Crippen LogP contribution >= 0.6 is 50.5 Å². The highest BCUT2D eigenvalue weighted by Gasteiger charge is 2.17. The summed E-state index contributed by atoms with van der Waals surface area (Å²) in [5, 5.41) is 14.4. The Morgan fingerprint density at radius 2 is 2.05 bits per heavy atom. The van der Waals surface area contributed by atoms with Crippen molar-refractivity contribution in [2.45, 2.75) is 0 Å². The molecule has 0 aliphatic carbocycles. The molecule has 9 heteroatoms. The molecule has 5 nitrogen and oxygen atoms in total. The number of thiophene rings is 1. The number of hydrogen-bond acceptors (Lipinski definition) is 4. The van der Waals surface area contributed by atoms with Crippen molar-refractivity contribution in [1.82, 2.24) is 0 Å². The molecule has 1 heterocycles. The summed E-state index contributed by atoms with van der Waals surface area (Å²) in [6.07, 6.45) is 0. The van der Waals surface area contributed by atoms with Crippen molar-refractivity contribution in [1.29, 1.82) is 0 Å². The summed E-state index contributed by atoms with van der Waals surface area (Å²) in [7, 11) is 0. The zero-order valence-electron chi connectivity index (χ0n) is 10.2. The van der Waals surface area contributed by atoms with Gasteiger partial charge in [0.25, 0.3) is 5.91 Å². The summed E-state index contributed by atoms with van der Waals surface area (Å²) < 4.78 is 1.43. The van der Waals surface area contributed by atoms with Gasteiger partial charge in [0.05, 0.1) is 15.6 Å². The first-order valence-electron chi connectivity index (χ1n) is 5.46. The summed E-state index contributed by atoms with van der Waals surface area (Å²) in [5.74, 6) is -0.557. The van der Waals surface area contributed by atoms with Crippen molar-refractivity contribution >= 4 is 67.9 Å². The second-order valence-electron chi connectivity index (χ2n) is 3.87. The first-order chi connectivity index (χ1) is 9.92. The van der Waals surface area contributed by atoms with Gasteiger partial charge in [0, 0.05) is 10.0 Å². The molecule has 0 atom stereocenters. The van der Waals surface area contributed by atoms with E-state index in [9.17, 15) is 4.79 Å². The third kappa shape index (κ3) is 3.68. The van der Waals surface area contributed by atoms with E-state index in [1.54, 1.807) is 18.2 Å². The van der Waals surface area contributed by atoms with Crippen LogP contribution in [0.15, 0.2) is 33.9 Å². The number of amidine groups is 1. The zero-order valence-corrected chi connectivity index (χ0v) is 14.1. The minimum absolute atomic E-state index is 0.124. The van der Waals surface area contributed by atoms with Crippen LogP contribution in [0.5, 0.6) is 0 Å². The van der Waals surface area contributed by atoms with E-state index < -0.39 is 5.91 Å². The quantitative estimate of drug-likeness (QED) is 0.308. The van der Waals surface area contributed by atoms with E-state index in [1.165, 1.54) is 6.07 Å². The maximum absolute atomic E-state index is 12.2. The predicted octanol–water partition coefficient (Wildman–Crippen LogP) is 4.16. The van der Waals surface area contributed by atoms with Crippen molar-refractivity contribution in [2.75, 3.05) is 5.32 Å². The molecule has 0 radical (unpaired) electrons. The Balaban J connectivity index is 2.35. The fourth-order valence-electron chi connectivity index (χ4n) is 1.58. The maximum Gasteiger partial charge on any atom is 0.258 e. The number of nitrogens with one attached hydrogen (secondary N) is 1. The second-order valence-corrected chi connectivity index (χ2v) is 7.07. The number of hydrogen-bond donors (Lipinski definition) is 3. The molecule has 0 saturated carbocycles. The van der Waals surface area contributed by atoms with Crippen molar-refractivity contribution in [3.05, 3.63) is 48.5 Å². The first kappa shape index (κ1) is 16.1. The minimum Gasteiger partial charge on any atom is -0.409 e. The molecule has 0 aliphatic rings. The average Bonchev–Trinajstić information content (AvgIpc) is 2.78. The second kappa shape index (κ2) is 6.65. The Bertz CT molecular complexity index is 733. The van der Waals surface area contributed by atoms with Gasteiger partial charge < -0.3 is 16.3 Å². The van der Waals surface area contributed by atoms with Crippen LogP contribution < -0.4 is 11.1 Å². The fourth-order valence-corrected chi connectivity index (χ4v) is 3.40. The Labute approximate surface area is 142 Å². The molecule has 0 saturated heterocycles. The van der Waals surface area contributed by atoms with Crippen LogP contribution in [-0.4, -0.2) is 17.0 Å². The average molecular weight is 409 g/mol. The normalized spacial score (nSPS) is 11.5. The van der Waals surface area contributed by atoms with Gasteiger partial charge in [-0.05, 0) is 24.3 Å². The van der Waals surface area contributed by atoms with Crippen LogP contribution in [0.3, 0.4) is 0 Å². The van der Waals surface area contributed by atoms with Crippen molar-refractivity contribution in [3.63, 3.8) is 0 Å². The van der Waals surface area contributed by atoms with Gasteiger partial charge in [-0.15, -0.1) is 11.3 Å². The van der Waals surface area contributed by atoms with Crippen LogP contribution in [0.4, 0.5) is 5.69 Å². The number of rotatable bonds is 3. The number of oxime groups is 1. The molecule has 0 fully saturated rings. The van der Waals surface area contributed by atoms with E-state index in [4.69, 9.17) is 34.1 Å². The summed E-state index contributed by atoms with van der Waals surface area (Å²) in [4.78, 5) is 12.2. The molecular formula is C12H8BrCl2N3O2S. The van der Waals surface area contributed by atoms with Crippen LogP contribution in [-0.2, 0) is 0 Å². The lowest BCUT2D eigenvalue weighted by molar-refractivity contribution is 0.102. The number of amides is 1. The molecule has 2 aromatic rings. The molecule has 0 aliphatic heterocycles. The molecule has 0 unspecified atom stereocenters. The zero-order chi connectivity index (χ0) is 15.6. The number of carbonyl (C=O) groups is 1. The Hall–Kier alpha value is -1.28. The van der Waals surface area contributed by atoms with Crippen LogP contribution in [0.1, 0.15) is 15.9 Å². The van der Waals surface area contributed by atoms with Gasteiger partial charge in [0.2, 0.25) is 0 Å². The highest BCUT2D eigenvalue weighted by atomic mass is 79.9. The highest BCUT2D eigenvalue weighted by molar-refractivity contribution is 9.10. The SMILES string of the molecule is N/C(=N/O)c1cc(Br)ccc1NC(=O)c1cc(Cl)sc1Cl. The lowest BCUT2D eigenvalue weighted by Gasteiger charge is -2.10. The molecule has 1 amide bonds. The number of anilines is 1. The van der Waals surface area contributed by atoms with Gasteiger partial charge in [-0.1, -0.05) is 44.3 Å². The number of nitrogens with zero attached hydrogens (tertiary/aromatic N) is 1. The summed E-state index contributed by atoms with van der Waals surface area (Å²) in [5.41, 5.74) is 6.62. The Morgan fingerprint density at radius 3 is 2.62 bits per heavy atom. The van der Waals surface area contributed by atoms with Crippen LogP contribution in [0, 0.1) is 0 Å². The maximum atomic E-state index is 12.2. The van der Waals surface area contributed by atoms with Crippen molar-refractivity contribution in [3.8, 4) is 0 Å². The lowest BCUT2D eigenvalue weighted by atomic mass is 10.1. The summed E-state index contributed by atoms with van der Waals surface area (Å²) in [6, 6.07) is 6.43. The monoisotopic (exact) mass is 407 g/mol. The van der Waals surface area contributed by atoms with Crippen molar-refractivity contribution in [2.24, 2.45) is 10.9 Å². The van der Waals surface area contributed by atoms with E-state index in [-0.39, 0.29) is 11.4 Å². The molecule has 0 bridgehead atoms. The number of carbonyl (C=O) groups excluding carboxylic acids is 1. The number of nitrogens with two attached hydrogens (primary N) is 1. The Morgan fingerprint density at radius 1 is 1.33 bits per heavy atom. The smallest absolute Gasteiger partial charge is 0.258 e. The van der Waals surface area contributed by atoms with Gasteiger partial charge in [-0.3, -0.25) is 4.79 Å². The van der Waals surface area contributed by atoms with Gasteiger partial charge in [-0.25, -0.2) is 0 Å². The minimum atomic E-state index is -0.433. The van der Waals surface area contributed by atoms with E-state index in [2.05, 4.69) is 26.4 Å². The molecule has 1 aromatic heterocycles. The lowest BCUT2D eigenvalue weighted by Crippen LogP contribution is -2.19. The van der Waals surface area contributed by atoms with Gasteiger partial charge in [-0.2, -0.15) is 0 Å². The van der Waals surface area contributed by atoms with Crippen LogP contribution in [0.2, 0.25) is 8.67 Å². The molecule has 110 valence electrons. The molecule has 4 N–H and O–H groups in total. The third-order valence-electron chi connectivity index (χ3n) is 2.51. The fraction of sp³-hybridized carbons (Fsp3) is 0. The van der Waals surface area contributed by atoms with Crippen molar-refractivity contribution < 1.29 is 10.0 Å². The molecule has 0 spiro atoms. The van der Waals surface area contributed by atoms with Gasteiger partial charge in [0.1, 0.15) is 4.34 Å². The van der Waals surface area contributed by atoms with E-state index in [0.29, 0.717) is 19.9 Å². The molecule has 2 rings (SSSR count). The third-order valence-corrected chi connectivity index (χ3v) is 4.50. The van der Waals surface area contributed by atoms with E-state index in [0.717, 1.165) is 15.8 Å². The predicted molar refractivity (Wildman–Crippen MR) is 88.9 cm³/mol. The first-order valence-corrected chi connectivity index (χ1v) is 7.82. The standard InChI is InChI=1S/C12H8BrCl2N3O2S/c13-5-1-2-8(6(3-5)11(16)18-20)17-12(19)7-4-9(14)21-10(7)15/h1-4,20H,(H2,16,18)(H,17,19). The molecule has 21 heavy (non-hydrogen) atoms. The van der Waals surface area contributed by atoms with Gasteiger partial charge >= 0.3 is 0 Å². The molecule has 1 aromatic carbocycles. The summed E-state index contributed by atoms with van der Waals surface area (Å²) >= 11 is 16.1. The molecular weight excluding hydrogens is 401 g/mol.